The van der Waals surface area contributed by atoms with Gasteiger partial charge in [-0.3, -0.25) is 14.4 Å². The Hall–Kier alpha value is -4.38. The normalized spacial score (nSPS) is 19.8. The maximum Gasteiger partial charge on any atom is 0.251 e. The Morgan fingerprint density at radius 3 is 2.54 bits per heavy atom. The second kappa shape index (κ2) is 8.93. The van der Waals surface area contributed by atoms with Gasteiger partial charge in [-0.2, -0.15) is 0 Å². The van der Waals surface area contributed by atoms with E-state index >= 15 is 0 Å². The van der Waals surface area contributed by atoms with Gasteiger partial charge < -0.3 is 20.9 Å². The summed E-state index contributed by atoms with van der Waals surface area (Å²) in [5.41, 5.74) is 4.39. The van der Waals surface area contributed by atoms with Crippen molar-refractivity contribution in [2.45, 2.75) is 51.5 Å². The van der Waals surface area contributed by atoms with Gasteiger partial charge >= 0.3 is 0 Å². The van der Waals surface area contributed by atoms with Crippen molar-refractivity contribution in [3.05, 3.63) is 81.9 Å². The van der Waals surface area contributed by atoms with Gasteiger partial charge in [0.1, 0.15) is 5.82 Å². The van der Waals surface area contributed by atoms with Crippen LogP contribution >= 0.6 is 0 Å². The summed E-state index contributed by atoms with van der Waals surface area (Å²) in [6, 6.07) is 10.7. The third kappa shape index (κ3) is 3.87. The Morgan fingerprint density at radius 2 is 1.89 bits per heavy atom. The first-order valence-corrected chi connectivity index (χ1v) is 12.2. The molecular formula is C29H27FN4O3. The number of fused-ring (bicyclic) bond motifs is 2. The average Bonchev–Trinajstić information content (AvgIpc) is 3.31. The summed E-state index contributed by atoms with van der Waals surface area (Å²) in [6.45, 7) is 7.37. The maximum atomic E-state index is 13.3. The summed E-state index contributed by atoms with van der Waals surface area (Å²) in [7, 11) is 0. The molecule has 1 spiro atoms. The van der Waals surface area contributed by atoms with E-state index in [9.17, 15) is 18.8 Å². The minimum absolute atomic E-state index is 0.0966. The molecule has 0 saturated carbocycles. The number of aromatic nitrogens is 1. The highest BCUT2D eigenvalue weighted by Gasteiger charge is 2.56. The number of anilines is 2. The number of amides is 3. The molecule has 0 radical (unpaired) electrons. The first kappa shape index (κ1) is 24.3. The molecule has 1 aliphatic heterocycles. The fourth-order valence-electron chi connectivity index (χ4n) is 5.04. The molecule has 1 aromatic heterocycles. The molecule has 8 heteroatoms. The van der Waals surface area contributed by atoms with E-state index in [4.69, 9.17) is 0 Å². The van der Waals surface area contributed by atoms with Crippen molar-refractivity contribution >= 4 is 29.1 Å². The van der Waals surface area contributed by atoms with Gasteiger partial charge in [-0.25, -0.2) is 4.39 Å². The van der Waals surface area contributed by atoms with Crippen molar-refractivity contribution in [1.82, 2.24) is 10.3 Å². The van der Waals surface area contributed by atoms with Gasteiger partial charge in [0.25, 0.3) is 5.91 Å². The molecule has 3 unspecified atom stereocenters. The number of hydrogen-bond acceptors (Lipinski definition) is 3. The molecule has 1 aliphatic carbocycles. The van der Waals surface area contributed by atoms with Crippen molar-refractivity contribution in [2.75, 3.05) is 10.6 Å². The number of hydrogen-bond donors (Lipinski definition) is 4. The Morgan fingerprint density at radius 1 is 1.16 bits per heavy atom. The van der Waals surface area contributed by atoms with Crippen LogP contribution in [-0.2, 0) is 15.0 Å². The van der Waals surface area contributed by atoms with E-state index in [-0.39, 0.29) is 29.6 Å². The lowest BCUT2D eigenvalue weighted by Crippen LogP contribution is -2.44. The minimum Gasteiger partial charge on any atom is -0.359 e. The molecule has 2 heterocycles. The molecule has 4 N–H and O–H groups in total. The van der Waals surface area contributed by atoms with Crippen LogP contribution in [0.4, 0.5) is 15.8 Å². The number of aryl methyl sites for hydroxylation is 1. The fourth-order valence-corrected chi connectivity index (χ4v) is 5.04. The minimum atomic E-state index is -1.14. The number of carbonyl (C=O) groups excluding carboxylic acids is 3. The van der Waals surface area contributed by atoms with Gasteiger partial charge in [-0.05, 0) is 62.2 Å². The third-order valence-electron chi connectivity index (χ3n) is 7.23. The molecule has 3 aromatic rings. The molecule has 5 rings (SSSR count). The number of aromatic amines is 1. The Kier molecular flexibility index (Phi) is 5.87. The topological polar surface area (TPSA) is 103 Å². The summed E-state index contributed by atoms with van der Waals surface area (Å²) in [5.74, 6) is 4.77. The molecule has 3 atom stereocenters. The zero-order valence-corrected chi connectivity index (χ0v) is 21.0. The van der Waals surface area contributed by atoms with E-state index in [0.717, 1.165) is 22.5 Å². The van der Waals surface area contributed by atoms with E-state index in [1.54, 1.807) is 37.3 Å². The SMILES string of the molecule is CCC(=O)Nc1c(C)[nH]c(C2C#CC23C(=O)Nc2ccc(C(=O)NC(C)c4ccc(F)cc4)cc23)c1C. The van der Waals surface area contributed by atoms with Crippen molar-refractivity contribution in [2.24, 2.45) is 0 Å². The largest absolute Gasteiger partial charge is 0.359 e. The van der Waals surface area contributed by atoms with E-state index in [0.29, 0.717) is 28.9 Å². The lowest BCUT2D eigenvalue weighted by atomic mass is 9.64. The molecule has 2 aromatic carbocycles. The number of halogens is 1. The molecule has 2 aliphatic rings. The summed E-state index contributed by atoms with van der Waals surface area (Å²) < 4.78 is 13.3. The summed E-state index contributed by atoms with van der Waals surface area (Å²) in [6.07, 6.45) is 0.354. The van der Waals surface area contributed by atoms with Crippen LogP contribution in [0.3, 0.4) is 0 Å². The molecule has 7 nitrogen and oxygen atoms in total. The van der Waals surface area contributed by atoms with Crippen LogP contribution in [0.25, 0.3) is 0 Å². The predicted octanol–water partition coefficient (Wildman–Crippen LogP) is 4.60. The Bertz CT molecular complexity index is 1510. The first-order chi connectivity index (χ1) is 17.6. The fraction of sp³-hybridized carbons (Fsp3) is 0.276. The van der Waals surface area contributed by atoms with Gasteiger partial charge in [0.15, 0.2) is 5.41 Å². The lowest BCUT2D eigenvalue weighted by molar-refractivity contribution is -0.119. The summed E-state index contributed by atoms with van der Waals surface area (Å²) in [5, 5.41) is 8.78. The van der Waals surface area contributed by atoms with Gasteiger partial charge in [-0.15, -0.1) is 0 Å². The number of benzene rings is 2. The molecule has 37 heavy (non-hydrogen) atoms. The molecule has 3 amide bonds. The van der Waals surface area contributed by atoms with Gasteiger partial charge in [0.2, 0.25) is 11.8 Å². The molecule has 0 saturated heterocycles. The predicted molar refractivity (Wildman–Crippen MR) is 139 cm³/mol. The summed E-state index contributed by atoms with van der Waals surface area (Å²) >= 11 is 0. The molecule has 0 bridgehead atoms. The highest BCUT2D eigenvalue weighted by atomic mass is 19.1. The van der Waals surface area contributed by atoms with E-state index in [1.807, 2.05) is 20.8 Å². The highest BCUT2D eigenvalue weighted by molar-refractivity contribution is 6.12. The Labute approximate surface area is 214 Å². The number of rotatable bonds is 6. The Balaban J connectivity index is 1.45. The van der Waals surface area contributed by atoms with Crippen LogP contribution in [0, 0.1) is 31.5 Å². The van der Waals surface area contributed by atoms with Gasteiger partial charge in [-0.1, -0.05) is 30.9 Å². The van der Waals surface area contributed by atoms with Crippen LogP contribution in [0.1, 0.15) is 70.7 Å². The third-order valence-corrected chi connectivity index (χ3v) is 7.23. The standard InChI is InChI=1S/C29H27FN4O3/c1-5-24(35)34-25-15(2)26(31-17(25)4)21-12-13-29(21)22-14-19(8-11-23(22)33-28(29)37)27(36)32-16(3)18-6-9-20(30)10-7-18/h6-11,14,16,21,31H,5H2,1-4H3,(H,32,36)(H,33,37)(H,34,35). The first-order valence-electron chi connectivity index (χ1n) is 12.2. The summed E-state index contributed by atoms with van der Waals surface area (Å²) in [4.78, 5) is 41.7. The van der Waals surface area contributed by atoms with Crippen LogP contribution in [0.2, 0.25) is 0 Å². The molecule has 0 fully saturated rings. The number of H-pyrrole nitrogens is 1. The zero-order chi connectivity index (χ0) is 26.5. The van der Waals surface area contributed by atoms with E-state index < -0.39 is 11.3 Å². The van der Waals surface area contributed by atoms with E-state index in [2.05, 4.69) is 32.8 Å². The highest BCUT2D eigenvalue weighted by Crippen LogP contribution is 2.52. The van der Waals surface area contributed by atoms with Gasteiger partial charge in [0, 0.05) is 34.6 Å². The van der Waals surface area contributed by atoms with Crippen molar-refractivity contribution in [3.63, 3.8) is 0 Å². The number of nitrogens with one attached hydrogen (secondary N) is 4. The van der Waals surface area contributed by atoms with Crippen molar-refractivity contribution in [1.29, 1.82) is 0 Å². The smallest absolute Gasteiger partial charge is 0.251 e. The monoisotopic (exact) mass is 498 g/mol. The zero-order valence-electron chi connectivity index (χ0n) is 21.0. The molecular weight excluding hydrogens is 471 g/mol. The molecule has 188 valence electrons. The maximum absolute atomic E-state index is 13.3. The average molecular weight is 499 g/mol. The number of carbonyl (C=O) groups is 3. The van der Waals surface area contributed by atoms with Gasteiger partial charge in [0.05, 0.1) is 17.6 Å². The van der Waals surface area contributed by atoms with Crippen molar-refractivity contribution < 1.29 is 18.8 Å². The quantitative estimate of drug-likeness (QED) is 0.374. The van der Waals surface area contributed by atoms with Crippen LogP contribution < -0.4 is 16.0 Å². The van der Waals surface area contributed by atoms with E-state index in [1.165, 1.54) is 12.1 Å². The second-order valence-electron chi connectivity index (χ2n) is 9.54. The second-order valence-corrected chi connectivity index (χ2v) is 9.54. The lowest BCUT2D eigenvalue weighted by Gasteiger charge is -2.34. The van der Waals surface area contributed by atoms with Crippen molar-refractivity contribution in [3.8, 4) is 11.8 Å². The van der Waals surface area contributed by atoms with Crippen LogP contribution in [-0.4, -0.2) is 22.7 Å². The van der Waals surface area contributed by atoms with Crippen LogP contribution in [0.15, 0.2) is 42.5 Å². The van der Waals surface area contributed by atoms with Crippen LogP contribution in [0.5, 0.6) is 0 Å².